The third kappa shape index (κ3) is 46.4. The molecular formula is C47H90O4. The van der Waals surface area contributed by atoms with Crippen LogP contribution in [-0.4, -0.2) is 25.2 Å². The van der Waals surface area contributed by atoms with E-state index in [1.165, 1.54) is 212 Å². The molecule has 0 atom stereocenters. The van der Waals surface area contributed by atoms with Crippen molar-refractivity contribution < 1.29 is 19.1 Å². The maximum Gasteiger partial charge on any atom is 0.333 e. The summed E-state index contributed by atoms with van der Waals surface area (Å²) < 4.78 is 10.2. The molecule has 0 spiro atoms. The Morgan fingerprint density at radius 1 is 0.314 bits per heavy atom. The summed E-state index contributed by atoms with van der Waals surface area (Å²) >= 11 is 0. The highest BCUT2D eigenvalue weighted by molar-refractivity contribution is 5.87. The maximum absolute atomic E-state index is 11.2. The molecule has 0 saturated heterocycles. The van der Waals surface area contributed by atoms with Crippen molar-refractivity contribution in [1.29, 1.82) is 0 Å². The molecule has 302 valence electrons. The normalized spacial score (nSPS) is 10.8. The van der Waals surface area contributed by atoms with E-state index in [2.05, 4.69) is 27.0 Å². The van der Waals surface area contributed by atoms with Crippen LogP contribution in [0.5, 0.6) is 0 Å². The van der Waals surface area contributed by atoms with Crippen LogP contribution in [0.4, 0.5) is 0 Å². The smallest absolute Gasteiger partial charge is 0.333 e. The minimum Gasteiger partial charge on any atom is -0.462 e. The summed E-state index contributed by atoms with van der Waals surface area (Å²) in [6, 6.07) is 0. The predicted molar refractivity (Wildman–Crippen MR) is 224 cm³/mol. The Kier molecular flexibility index (Phi) is 45.0. The SMILES string of the molecule is C=C(C)C(=O)OCCCCCCCCCCCCCCCCCCC.C=C(C)C(=O)OCCCCCCCCCCCCCCCCCCCC. The minimum absolute atomic E-state index is 0.253. The third-order valence-corrected chi connectivity index (χ3v) is 9.91. The van der Waals surface area contributed by atoms with Gasteiger partial charge in [0.15, 0.2) is 0 Å². The molecule has 0 aliphatic carbocycles. The Hall–Kier alpha value is -1.58. The van der Waals surface area contributed by atoms with Crippen molar-refractivity contribution in [2.45, 2.75) is 252 Å². The van der Waals surface area contributed by atoms with Gasteiger partial charge in [-0.2, -0.15) is 0 Å². The lowest BCUT2D eigenvalue weighted by atomic mass is 10.0. The van der Waals surface area contributed by atoms with Crippen LogP contribution in [0.1, 0.15) is 252 Å². The van der Waals surface area contributed by atoms with Gasteiger partial charge in [0.25, 0.3) is 0 Å². The van der Waals surface area contributed by atoms with E-state index < -0.39 is 0 Å². The molecule has 51 heavy (non-hydrogen) atoms. The van der Waals surface area contributed by atoms with Crippen LogP contribution < -0.4 is 0 Å². The third-order valence-electron chi connectivity index (χ3n) is 9.91. The lowest BCUT2D eigenvalue weighted by Gasteiger charge is -2.05. The standard InChI is InChI=1S/C24H46O2.C23H44O2/c1-4-5-6-7-8-9-10-11-12-13-14-15-16-17-18-19-20-21-22-26-24(25)23(2)3;1-4-5-6-7-8-9-10-11-12-13-14-15-16-17-18-19-20-21-25-23(24)22(2)3/h2,4-22H2,1,3H3;2,4-21H2,1,3H3. The average molecular weight is 719 g/mol. The summed E-state index contributed by atoms with van der Waals surface area (Å²) in [5.74, 6) is -0.506. The van der Waals surface area contributed by atoms with Crippen molar-refractivity contribution in [2.75, 3.05) is 13.2 Å². The Balaban J connectivity index is 0. The van der Waals surface area contributed by atoms with E-state index in [4.69, 9.17) is 9.47 Å². The van der Waals surface area contributed by atoms with Crippen molar-refractivity contribution in [3.05, 3.63) is 24.3 Å². The quantitative estimate of drug-likeness (QED) is 0.0361. The number of hydrogen-bond donors (Lipinski definition) is 0. The number of carbonyl (C=O) groups is 2. The van der Waals surface area contributed by atoms with E-state index in [-0.39, 0.29) is 11.9 Å². The maximum atomic E-state index is 11.2. The van der Waals surface area contributed by atoms with Crippen LogP contribution in [0.3, 0.4) is 0 Å². The molecule has 0 rings (SSSR count). The van der Waals surface area contributed by atoms with Gasteiger partial charge < -0.3 is 9.47 Å². The highest BCUT2D eigenvalue weighted by Crippen LogP contribution is 2.16. The molecule has 0 fully saturated rings. The fourth-order valence-corrected chi connectivity index (χ4v) is 6.41. The van der Waals surface area contributed by atoms with Crippen LogP contribution >= 0.6 is 0 Å². The molecule has 0 aliphatic rings. The molecule has 0 unspecified atom stereocenters. The van der Waals surface area contributed by atoms with Gasteiger partial charge in [-0.15, -0.1) is 0 Å². The van der Waals surface area contributed by atoms with Gasteiger partial charge in [0.05, 0.1) is 13.2 Å². The molecule has 4 heteroatoms. The van der Waals surface area contributed by atoms with Crippen LogP contribution in [0.2, 0.25) is 0 Å². The van der Waals surface area contributed by atoms with Gasteiger partial charge in [-0.1, -0.05) is 239 Å². The van der Waals surface area contributed by atoms with Crippen LogP contribution in [0.25, 0.3) is 0 Å². The first-order valence-corrected chi connectivity index (χ1v) is 22.5. The molecule has 0 radical (unpaired) electrons. The van der Waals surface area contributed by atoms with E-state index >= 15 is 0 Å². The summed E-state index contributed by atoms with van der Waals surface area (Å²) in [5.41, 5.74) is 0.986. The highest BCUT2D eigenvalue weighted by atomic mass is 16.5. The van der Waals surface area contributed by atoms with Gasteiger partial charge in [-0.25, -0.2) is 9.59 Å². The molecule has 0 aromatic heterocycles. The first-order valence-electron chi connectivity index (χ1n) is 22.5. The Bertz CT molecular complexity index is 757. The van der Waals surface area contributed by atoms with Crippen molar-refractivity contribution in [3.63, 3.8) is 0 Å². The van der Waals surface area contributed by atoms with Gasteiger partial charge in [0.2, 0.25) is 0 Å². The fraction of sp³-hybridized carbons (Fsp3) is 0.872. The Morgan fingerprint density at radius 2 is 0.471 bits per heavy atom. The van der Waals surface area contributed by atoms with E-state index in [1.54, 1.807) is 13.8 Å². The lowest BCUT2D eigenvalue weighted by molar-refractivity contribution is -0.139. The monoisotopic (exact) mass is 719 g/mol. The molecule has 0 aromatic carbocycles. The molecule has 0 aromatic rings. The molecular weight excluding hydrogens is 629 g/mol. The number of carbonyl (C=O) groups excluding carboxylic acids is 2. The summed E-state index contributed by atoms with van der Waals surface area (Å²) in [4.78, 5) is 22.4. The number of rotatable bonds is 39. The molecule has 0 heterocycles. The summed E-state index contributed by atoms with van der Waals surface area (Å²) in [6.45, 7) is 16.2. The Morgan fingerprint density at radius 3 is 0.627 bits per heavy atom. The Labute approximate surface area is 320 Å². The van der Waals surface area contributed by atoms with E-state index in [1.807, 2.05) is 0 Å². The van der Waals surface area contributed by atoms with E-state index in [0.29, 0.717) is 24.4 Å². The zero-order valence-corrected chi connectivity index (χ0v) is 35.2. The average Bonchev–Trinajstić information content (AvgIpc) is 3.12. The fourth-order valence-electron chi connectivity index (χ4n) is 6.41. The van der Waals surface area contributed by atoms with Crippen molar-refractivity contribution >= 4 is 11.9 Å². The first kappa shape index (κ1) is 51.5. The van der Waals surface area contributed by atoms with Crippen molar-refractivity contribution in [1.82, 2.24) is 0 Å². The number of ether oxygens (including phenoxy) is 2. The van der Waals surface area contributed by atoms with Gasteiger partial charge in [-0.05, 0) is 26.7 Å². The summed E-state index contributed by atoms with van der Waals surface area (Å²) in [5, 5.41) is 0. The van der Waals surface area contributed by atoms with Gasteiger partial charge in [0.1, 0.15) is 0 Å². The second-order valence-corrected chi connectivity index (χ2v) is 15.5. The zero-order chi connectivity index (χ0) is 37.9. The van der Waals surface area contributed by atoms with Crippen LogP contribution in [-0.2, 0) is 19.1 Å². The topological polar surface area (TPSA) is 52.6 Å². The molecule has 0 aliphatic heterocycles. The highest BCUT2D eigenvalue weighted by Gasteiger charge is 2.03. The largest absolute Gasteiger partial charge is 0.462 e. The minimum atomic E-state index is -0.253. The summed E-state index contributed by atoms with van der Waals surface area (Å²) in [7, 11) is 0. The number of unbranched alkanes of at least 4 members (excludes halogenated alkanes) is 33. The van der Waals surface area contributed by atoms with Crippen molar-refractivity contribution in [3.8, 4) is 0 Å². The second kappa shape index (κ2) is 44.6. The van der Waals surface area contributed by atoms with Gasteiger partial charge in [0, 0.05) is 11.1 Å². The molecule has 0 saturated carbocycles. The second-order valence-electron chi connectivity index (χ2n) is 15.5. The van der Waals surface area contributed by atoms with E-state index in [9.17, 15) is 9.59 Å². The van der Waals surface area contributed by atoms with Crippen LogP contribution in [0, 0.1) is 0 Å². The zero-order valence-electron chi connectivity index (χ0n) is 35.2. The molecule has 4 nitrogen and oxygen atoms in total. The van der Waals surface area contributed by atoms with Gasteiger partial charge >= 0.3 is 11.9 Å². The van der Waals surface area contributed by atoms with E-state index in [0.717, 1.165) is 12.8 Å². The number of hydrogen-bond acceptors (Lipinski definition) is 4. The molecule has 0 amide bonds. The molecule has 0 bridgehead atoms. The predicted octanol–water partition coefficient (Wildman–Crippen LogP) is 15.9. The summed E-state index contributed by atoms with van der Waals surface area (Å²) in [6.07, 6.45) is 47.9. The van der Waals surface area contributed by atoms with Crippen LogP contribution in [0.15, 0.2) is 24.3 Å². The number of esters is 2. The van der Waals surface area contributed by atoms with Gasteiger partial charge in [-0.3, -0.25) is 0 Å². The molecule has 0 N–H and O–H groups in total. The lowest BCUT2D eigenvalue weighted by Crippen LogP contribution is -2.05. The van der Waals surface area contributed by atoms with Crippen molar-refractivity contribution in [2.24, 2.45) is 0 Å². The first-order chi connectivity index (χ1) is 24.9.